The molecular weight excluding hydrogens is 444 g/mol. The van der Waals surface area contributed by atoms with Crippen LogP contribution in [0, 0.1) is 17.3 Å². The van der Waals surface area contributed by atoms with Crippen molar-refractivity contribution < 1.29 is 24.2 Å². The van der Waals surface area contributed by atoms with Crippen LogP contribution in [0.1, 0.15) is 56.1 Å². The number of carbonyl (C=O) groups excluding carboxylic acids is 2. The second-order valence-electron chi connectivity index (χ2n) is 10.2. The van der Waals surface area contributed by atoms with Crippen LogP contribution in [0.15, 0.2) is 48.5 Å². The molecule has 4 unspecified atom stereocenters. The SMILES string of the molecule is CCC(CNC(=O)C12CC(NC(=O)OCC3c4ccccc4-c4ccccc43)CC1C2)CC(=O)O. The number of amides is 2. The van der Waals surface area contributed by atoms with Gasteiger partial charge in [-0.2, -0.15) is 0 Å². The number of nitrogens with one attached hydrogen (secondary N) is 2. The van der Waals surface area contributed by atoms with E-state index in [1.54, 1.807) is 0 Å². The zero-order valence-corrected chi connectivity index (χ0v) is 20.0. The minimum absolute atomic E-state index is 0.0109. The first-order chi connectivity index (χ1) is 16.9. The van der Waals surface area contributed by atoms with Crippen molar-refractivity contribution >= 4 is 18.0 Å². The summed E-state index contributed by atoms with van der Waals surface area (Å²) in [7, 11) is 0. The van der Waals surface area contributed by atoms with Crippen molar-refractivity contribution in [2.75, 3.05) is 13.2 Å². The molecule has 5 rings (SSSR count). The fraction of sp³-hybridized carbons (Fsp3) is 0.464. The maximum atomic E-state index is 12.9. The van der Waals surface area contributed by atoms with Gasteiger partial charge in [0.2, 0.25) is 5.91 Å². The van der Waals surface area contributed by atoms with E-state index in [1.165, 1.54) is 22.3 Å². The highest BCUT2D eigenvalue weighted by molar-refractivity contribution is 5.87. The van der Waals surface area contributed by atoms with E-state index in [2.05, 4.69) is 34.9 Å². The molecule has 7 nitrogen and oxygen atoms in total. The Labute approximate surface area is 205 Å². The zero-order chi connectivity index (χ0) is 24.6. The molecule has 2 fully saturated rings. The number of ether oxygens (including phenoxy) is 1. The van der Waals surface area contributed by atoms with E-state index in [9.17, 15) is 14.4 Å². The monoisotopic (exact) mass is 476 g/mol. The van der Waals surface area contributed by atoms with E-state index in [0.29, 0.717) is 19.4 Å². The second-order valence-corrected chi connectivity index (χ2v) is 10.2. The highest BCUT2D eigenvalue weighted by Gasteiger charge is 2.65. The third-order valence-corrected chi connectivity index (χ3v) is 8.12. The van der Waals surface area contributed by atoms with Crippen molar-refractivity contribution in [1.82, 2.24) is 10.6 Å². The lowest BCUT2D eigenvalue weighted by atomic mass is 9.98. The summed E-state index contributed by atoms with van der Waals surface area (Å²) in [6.45, 7) is 2.58. The molecule has 0 bridgehead atoms. The lowest BCUT2D eigenvalue weighted by Crippen LogP contribution is -2.39. The van der Waals surface area contributed by atoms with Gasteiger partial charge < -0.3 is 20.5 Å². The first-order valence-electron chi connectivity index (χ1n) is 12.5. The normalized spacial score (nSPS) is 24.6. The molecule has 0 aromatic heterocycles. The summed E-state index contributed by atoms with van der Waals surface area (Å²) in [4.78, 5) is 36.5. The molecule has 0 spiro atoms. The Kier molecular flexibility index (Phi) is 6.26. The van der Waals surface area contributed by atoms with Crippen LogP contribution in [0.4, 0.5) is 4.79 Å². The van der Waals surface area contributed by atoms with E-state index < -0.39 is 17.5 Å². The zero-order valence-electron chi connectivity index (χ0n) is 20.0. The van der Waals surface area contributed by atoms with Gasteiger partial charge in [0.15, 0.2) is 0 Å². The number of rotatable bonds is 9. The maximum Gasteiger partial charge on any atom is 0.407 e. The number of fused-ring (bicyclic) bond motifs is 4. The summed E-state index contributed by atoms with van der Waals surface area (Å²) in [6.07, 6.45) is 2.51. The van der Waals surface area contributed by atoms with Crippen LogP contribution < -0.4 is 10.6 Å². The number of benzene rings is 2. The van der Waals surface area contributed by atoms with Crippen LogP contribution in [0.3, 0.4) is 0 Å². The standard InChI is InChI=1S/C28H32N2O5/c1-2-17(11-25(31)32)15-29-26(33)28-13-18(28)12-19(14-28)30-27(34)35-16-24-22-9-5-3-7-20(22)21-8-4-6-10-23(21)24/h3-10,17-19,24H,2,11-16H2,1H3,(H,29,33)(H,30,34)(H,31,32). The molecule has 0 aliphatic heterocycles. The van der Waals surface area contributed by atoms with Gasteiger partial charge in [0.05, 0.1) is 5.41 Å². The highest BCUT2D eigenvalue weighted by Crippen LogP contribution is 2.63. The summed E-state index contributed by atoms with van der Waals surface area (Å²) in [6, 6.07) is 16.4. The van der Waals surface area contributed by atoms with Gasteiger partial charge in [-0.1, -0.05) is 61.9 Å². The number of hydrogen-bond acceptors (Lipinski definition) is 4. The van der Waals surface area contributed by atoms with Crippen LogP contribution in [0.25, 0.3) is 11.1 Å². The Morgan fingerprint density at radius 3 is 2.34 bits per heavy atom. The minimum atomic E-state index is -0.846. The lowest BCUT2D eigenvalue weighted by molar-refractivity contribution is -0.138. The molecule has 0 saturated heterocycles. The number of carboxylic acid groups (broad SMARTS) is 1. The van der Waals surface area contributed by atoms with E-state index >= 15 is 0 Å². The Hall–Kier alpha value is -3.35. The van der Waals surface area contributed by atoms with Gasteiger partial charge in [0.1, 0.15) is 6.61 Å². The molecule has 2 aromatic carbocycles. The van der Waals surface area contributed by atoms with E-state index in [1.807, 2.05) is 31.2 Å². The molecule has 0 radical (unpaired) electrons. The summed E-state index contributed by atoms with van der Waals surface area (Å²) in [5.41, 5.74) is 4.30. The molecule has 7 heteroatoms. The van der Waals surface area contributed by atoms with Gasteiger partial charge in [-0.3, -0.25) is 9.59 Å². The van der Waals surface area contributed by atoms with Crippen molar-refractivity contribution in [2.24, 2.45) is 17.3 Å². The highest BCUT2D eigenvalue weighted by atomic mass is 16.5. The quantitative estimate of drug-likeness (QED) is 0.500. The molecule has 2 amide bonds. The fourth-order valence-electron chi connectivity index (χ4n) is 6.11. The van der Waals surface area contributed by atoms with E-state index in [-0.39, 0.29) is 42.7 Å². The Morgan fingerprint density at radius 2 is 1.71 bits per heavy atom. The molecule has 3 aliphatic rings. The molecule has 35 heavy (non-hydrogen) atoms. The largest absolute Gasteiger partial charge is 0.481 e. The number of carboxylic acids is 1. The molecule has 3 aliphatic carbocycles. The van der Waals surface area contributed by atoms with Gasteiger partial charge in [0, 0.05) is 24.9 Å². The number of hydrogen-bond donors (Lipinski definition) is 3. The Morgan fingerprint density at radius 1 is 1.06 bits per heavy atom. The van der Waals surface area contributed by atoms with Gasteiger partial charge in [-0.05, 0) is 53.4 Å². The van der Waals surface area contributed by atoms with Crippen molar-refractivity contribution in [2.45, 2.75) is 51.0 Å². The van der Waals surface area contributed by atoms with Gasteiger partial charge in [-0.15, -0.1) is 0 Å². The van der Waals surface area contributed by atoms with E-state index in [4.69, 9.17) is 9.84 Å². The molecule has 184 valence electrons. The topological polar surface area (TPSA) is 105 Å². The van der Waals surface area contributed by atoms with Crippen molar-refractivity contribution in [3.05, 3.63) is 59.7 Å². The molecular formula is C28H32N2O5. The summed E-state index contributed by atoms with van der Waals surface area (Å²) in [5.74, 6) is -0.647. The molecule has 3 N–H and O–H groups in total. The number of alkyl carbamates (subject to hydrolysis) is 1. The first kappa shape index (κ1) is 23.4. The third kappa shape index (κ3) is 4.51. The molecule has 0 heterocycles. The van der Waals surface area contributed by atoms with Crippen molar-refractivity contribution in [3.63, 3.8) is 0 Å². The molecule has 2 saturated carbocycles. The van der Waals surface area contributed by atoms with Crippen molar-refractivity contribution in [3.8, 4) is 11.1 Å². The van der Waals surface area contributed by atoms with Crippen LogP contribution in [-0.2, 0) is 14.3 Å². The maximum absolute atomic E-state index is 12.9. The fourth-order valence-corrected chi connectivity index (χ4v) is 6.11. The summed E-state index contributed by atoms with van der Waals surface area (Å²) < 4.78 is 5.67. The third-order valence-electron chi connectivity index (χ3n) is 8.12. The smallest absolute Gasteiger partial charge is 0.407 e. The Balaban J connectivity index is 1.13. The lowest BCUT2D eigenvalue weighted by Gasteiger charge is -2.20. The second kappa shape index (κ2) is 9.36. The summed E-state index contributed by atoms with van der Waals surface area (Å²) in [5, 5.41) is 15.0. The minimum Gasteiger partial charge on any atom is -0.481 e. The van der Waals surface area contributed by atoms with Crippen molar-refractivity contribution in [1.29, 1.82) is 0 Å². The van der Waals surface area contributed by atoms with Gasteiger partial charge >= 0.3 is 12.1 Å². The van der Waals surface area contributed by atoms with Crippen LogP contribution >= 0.6 is 0 Å². The van der Waals surface area contributed by atoms with Gasteiger partial charge in [-0.25, -0.2) is 4.79 Å². The molecule has 2 aromatic rings. The van der Waals surface area contributed by atoms with Gasteiger partial charge in [0.25, 0.3) is 0 Å². The summed E-state index contributed by atoms with van der Waals surface area (Å²) >= 11 is 0. The average molecular weight is 477 g/mol. The van der Waals surface area contributed by atoms with Crippen LogP contribution in [0.2, 0.25) is 0 Å². The predicted octanol–water partition coefficient (Wildman–Crippen LogP) is 4.31. The average Bonchev–Trinajstić information content (AvgIpc) is 3.27. The van der Waals surface area contributed by atoms with E-state index in [0.717, 1.165) is 12.8 Å². The van der Waals surface area contributed by atoms with Crippen LogP contribution in [-0.4, -0.2) is 42.3 Å². The number of carbonyl (C=O) groups is 3. The predicted molar refractivity (Wildman–Crippen MR) is 131 cm³/mol. The molecule has 4 atom stereocenters. The van der Waals surface area contributed by atoms with Crippen LogP contribution in [0.5, 0.6) is 0 Å². The Bertz CT molecular complexity index is 1100. The number of aliphatic carboxylic acids is 1. The first-order valence-corrected chi connectivity index (χ1v) is 12.5.